The molecule has 1 fully saturated rings. The number of rotatable bonds is 6. The maximum Gasteiger partial charge on any atom is 0.0591 e. The molecule has 0 amide bonds. The largest absolute Gasteiger partial charge is 0.380 e. The van der Waals surface area contributed by atoms with Gasteiger partial charge in [-0.1, -0.05) is 6.92 Å². The van der Waals surface area contributed by atoms with Gasteiger partial charge in [-0.2, -0.15) is 0 Å². The van der Waals surface area contributed by atoms with Crippen molar-refractivity contribution in [3.63, 3.8) is 0 Å². The number of likely N-dealkylation sites (tertiary alicyclic amines) is 1. The van der Waals surface area contributed by atoms with Crippen molar-refractivity contribution in [2.75, 3.05) is 39.9 Å². The summed E-state index contributed by atoms with van der Waals surface area (Å²) in [4.78, 5) is 2.37. The summed E-state index contributed by atoms with van der Waals surface area (Å²) in [5, 5.41) is 3.50. The van der Waals surface area contributed by atoms with Crippen LogP contribution in [-0.2, 0) is 4.74 Å². The average molecular weight is 186 g/mol. The van der Waals surface area contributed by atoms with Crippen LogP contribution in [0.2, 0.25) is 0 Å². The molecule has 1 unspecified atom stereocenters. The Labute approximate surface area is 81.4 Å². The Bertz CT molecular complexity index is 130. The minimum atomic E-state index is 0.690. The molecule has 1 atom stereocenters. The molecule has 13 heavy (non-hydrogen) atoms. The second-order valence-electron chi connectivity index (χ2n) is 3.81. The van der Waals surface area contributed by atoms with Gasteiger partial charge in [0.25, 0.3) is 0 Å². The summed E-state index contributed by atoms with van der Waals surface area (Å²) in [6.45, 7) is 7.30. The molecular weight excluding hydrogens is 164 g/mol. The number of likely N-dealkylation sites (N-methyl/N-ethyl adjacent to an activating group) is 1. The zero-order valence-electron chi connectivity index (χ0n) is 8.88. The summed E-state index contributed by atoms with van der Waals surface area (Å²) in [7, 11) is 2.18. The first-order valence-electron chi connectivity index (χ1n) is 5.32. The van der Waals surface area contributed by atoms with Gasteiger partial charge in [0, 0.05) is 25.7 Å². The molecule has 0 aromatic rings. The van der Waals surface area contributed by atoms with Crippen LogP contribution in [0.5, 0.6) is 0 Å². The summed E-state index contributed by atoms with van der Waals surface area (Å²) in [5.74, 6) is 0. The first-order valence-corrected chi connectivity index (χ1v) is 5.32. The van der Waals surface area contributed by atoms with E-state index in [1.807, 2.05) is 0 Å². The second kappa shape index (κ2) is 6.35. The van der Waals surface area contributed by atoms with Gasteiger partial charge in [0.05, 0.1) is 6.61 Å². The van der Waals surface area contributed by atoms with Crippen LogP contribution in [0.1, 0.15) is 19.8 Å². The van der Waals surface area contributed by atoms with Gasteiger partial charge in [-0.15, -0.1) is 0 Å². The first kappa shape index (κ1) is 11.0. The third-order valence-electron chi connectivity index (χ3n) is 2.42. The molecule has 0 radical (unpaired) electrons. The molecule has 0 aromatic carbocycles. The Kier molecular flexibility index (Phi) is 5.35. The summed E-state index contributed by atoms with van der Waals surface area (Å²) in [6, 6.07) is 0.690. The van der Waals surface area contributed by atoms with Crippen LogP contribution in [0, 0.1) is 0 Å². The van der Waals surface area contributed by atoms with Crippen molar-refractivity contribution in [1.82, 2.24) is 10.2 Å². The fourth-order valence-corrected chi connectivity index (χ4v) is 1.68. The highest BCUT2D eigenvalue weighted by atomic mass is 16.5. The topological polar surface area (TPSA) is 24.5 Å². The first-order chi connectivity index (χ1) is 6.33. The number of hydrogen-bond acceptors (Lipinski definition) is 3. The van der Waals surface area contributed by atoms with Crippen molar-refractivity contribution in [1.29, 1.82) is 0 Å². The second-order valence-corrected chi connectivity index (χ2v) is 3.81. The van der Waals surface area contributed by atoms with Crippen molar-refractivity contribution in [3.8, 4) is 0 Å². The summed E-state index contributed by atoms with van der Waals surface area (Å²) in [5.41, 5.74) is 0. The Morgan fingerprint density at radius 1 is 1.46 bits per heavy atom. The Hall–Kier alpha value is -0.120. The van der Waals surface area contributed by atoms with Crippen LogP contribution in [-0.4, -0.2) is 50.8 Å². The Morgan fingerprint density at radius 2 is 2.31 bits per heavy atom. The highest BCUT2D eigenvalue weighted by molar-refractivity contribution is 4.78. The van der Waals surface area contributed by atoms with Gasteiger partial charge in [-0.3, -0.25) is 0 Å². The standard InChI is InChI=1S/C10H22N2O/c1-3-7-13-8-5-11-10-4-6-12(2)9-10/h10-11H,3-9H2,1-2H3. The van der Waals surface area contributed by atoms with Crippen LogP contribution in [0.15, 0.2) is 0 Å². The van der Waals surface area contributed by atoms with Crippen LogP contribution in [0.4, 0.5) is 0 Å². The van der Waals surface area contributed by atoms with Crippen molar-refractivity contribution in [3.05, 3.63) is 0 Å². The van der Waals surface area contributed by atoms with E-state index in [9.17, 15) is 0 Å². The third kappa shape index (κ3) is 4.60. The van der Waals surface area contributed by atoms with Crippen molar-refractivity contribution >= 4 is 0 Å². The summed E-state index contributed by atoms with van der Waals surface area (Å²) >= 11 is 0. The molecular formula is C10H22N2O. The maximum atomic E-state index is 5.39. The van der Waals surface area contributed by atoms with Gasteiger partial charge in [-0.25, -0.2) is 0 Å². The van der Waals surface area contributed by atoms with Crippen LogP contribution in [0.25, 0.3) is 0 Å². The molecule has 0 aliphatic carbocycles. The molecule has 3 nitrogen and oxygen atoms in total. The van der Waals surface area contributed by atoms with E-state index in [2.05, 4.69) is 24.2 Å². The zero-order chi connectivity index (χ0) is 9.52. The van der Waals surface area contributed by atoms with Crippen molar-refractivity contribution in [2.24, 2.45) is 0 Å². The quantitative estimate of drug-likeness (QED) is 0.618. The van der Waals surface area contributed by atoms with Gasteiger partial charge in [0.2, 0.25) is 0 Å². The van der Waals surface area contributed by atoms with E-state index in [4.69, 9.17) is 4.74 Å². The highest BCUT2D eigenvalue weighted by Gasteiger charge is 2.17. The molecule has 1 aliphatic rings. The van der Waals surface area contributed by atoms with Gasteiger partial charge < -0.3 is 15.0 Å². The number of hydrogen-bond donors (Lipinski definition) is 1. The Morgan fingerprint density at radius 3 is 2.92 bits per heavy atom. The normalized spacial score (nSPS) is 24.0. The third-order valence-corrected chi connectivity index (χ3v) is 2.42. The summed E-state index contributed by atoms with van der Waals surface area (Å²) in [6.07, 6.45) is 2.40. The minimum absolute atomic E-state index is 0.690. The smallest absolute Gasteiger partial charge is 0.0591 e. The van der Waals surface area contributed by atoms with Gasteiger partial charge in [0.15, 0.2) is 0 Å². The van der Waals surface area contributed by atoms with E-state index < -0.39 is 0 Å². The molecule has 1 rings (SSSR count). The molecule has 1 heterocycles. The van der Waals surface area contributed by atoms with Crippen LogP contribution >= 0.6 is 0 Å². The van der Waals surface area contributed by atoms with Gasteiger partial charge in [-0.05, 0) is 26.4 Å². The zero-order valence-corrected chi connectivity index (χ0v) is 8.88. The highest BCUT2D eigenvalue weighted by Crippen LogP contribution is 2.05. The number of ether oxygens (including phenoxy) is 1. The van der Waals surface area contributed by atoms with Crippen molar-refractivity contribution < 1.29 is 4.74 Å². The lowest BCUT2D eigenvalue weighted by Crippen LogP contribution is -2.33. The van der Waals surface area contributed by atoms with E-state index in [1.54, 1.807) is 0 Å². The van der Waals surface area contributed by atoms with Crippen molar-refractivity contribution in [2.45, 2.75) is 25.8 Å². The maximum absolute atomic E-state index is 5.39. The Balaban J connectivity index is 1.88. The monoisotopic (exact) mass is 186 g/mol. The van der Waals surface area contributed by atoms with Crippen LogP contribution < -0.4 is 5.32 Å². The number of nitrogens with zero attached hydrogens (tertiary/aromatic N) is 1. The number of nitrogens with one attached hydrogen (secondary N) is 1. The lowest BCUT2D eigenvalue weighted by molar-refractivity contribution is 0.134. The SMILES string of the molecule is CCCOCCNC1CCN(C)C1. The van der Waals surface area contributed by atoms with E-state index in [-0.39, 0.29) is 0 Å². The molecule has 1 saturated heterocycles. The predicted octanol–water partition coefficient (Wildman–Crippen LogP) is 0.707. The molecule has 0 bridgehead atoms. The fraction of sp³-hybridized carbons (Fsp3) is 1.00. The average Bonchev–Trinajstić information content (AvgIpc) is 2.51. The lowest BCUT2D eigenvalue weighted by Gasteiger charge is -2.12. The van der Waals surface area contributed by atoms with E-state index in [0.29, 0.717) is 6.04 Å². The van der Waals surface area contributed by atoms with Gasteiger partial charge in [0.1, 0.15) is 0 Å². The molecule has 1 aliphatic heterocycles. The molecule has 0 spiro atoms. The van der Waals surface area contributed by atoms with E-state index >= 15 is 0 Å². The molecule has 3 heteroatoms. The minimum Gasteiger partial charge on any atom is -0.380 e. The van der Waals surface area contributed by atoms with E-state index in [1.165, 1.54) is 19.5 Å². The van der Waals surface area contributed by atoms with Gasteiger partial charge >= 0.3 is 0 Å². The summed E-state index contributed by atoms with van der Waals surface area (Å²) < 4.78 is 5.39. The molecule has 78 valence electrons. The predicted molar refractivity (Wildman–Crippen MR) is 55.0 cm³/mol. The molecule has 1 N–H and O–H groups in total. The molecule has 0 saturated carbocycles. The molecule has 0 aromatic heterocycles. The fourth-order valence-electron chi connectivity index (χ4n) is 1.68. The lowest BCUT2D eigenvalue weighted by atomic mass is 10.3. The van der Waals surface area contributed by atoms with Crippen LogP contribution in [0.3, 0.4) is 0 Å². The van der Waals surface area contributed by atoms with E-state index in [0.717, 1.165) is 26.2 Å².